The van der Waals surface area contributed by atoms with Gasteiger partial charge in [-0.15, -0.1) is 0 Å². The number of halogens is 1. The van der Waals surface area contributed by atoms with E-state index in [0.29, 0.717) is 6.61 Å². The monoisotopic (exact) mass is 299 g/mol. The van der Waals surface area contributed by atoms with Gasteiger partial charge in [-0.05, 0) is 36.2 Å². The summed E-state index contributed by atoms with van der Waals surface area (Å²) < 4.78 is 6.14. The second-order valence-electron chi connectivity index (χ2n) is 6.53. The largest absolute Gasteiger partial charge is 0.417 e. The van der Waals surface area contributed by atoms with E-state index < -0.39 is 8.32 Å². The van der Waals surface area contributed by atoms with Crippen molar-refractivity contribution in [1.82, 2.24) is 0 Å². The molecule has 0 radical (unpaired) electrons. The minimum absolute atomic E-state index is 0.0570. The molecule has 0 aliphatic rings. The van der Waals surface area contributed by atoms with Crippen molar-refractivity contribution in [3.05, 3.63) is 34.9 Å². The Balaban J connectivity index is 2.53. The van der Waals surface area contributed by atoms with Crippen molar-refractivity contribution in [3.8, 4) is 0 Å². The van der Waals surface area contributed by atoms with Crippen molar-refractivity contribution in [3.63, 3.8) is 0 Å². The van der Waals surface area contributed by atoms with Crippen LogP contribution in [0.5, 0.6) is 0 Å². The molecule has 0 aliphatic carbocycles. The molecular weight excluding hydrogens is 274 g/mol. The van der Waals surface area contributed by atoms with Crippen molar-refractivity contribution in [1.29, 1.82) is 0 Å². The van der Waals surface area contributed by atoms with Crippen LogP contribution in [0.1, 0.15) is 38.8 Å². The van der Waals surface area contributed by atoms with Gasteiger partial charge in [-0.3, -0.25) is 0 Å². The third-order valence-corrected chi connectivity index (χ3v) is 8.89. The Morgan fingerprint density at radius 1 is 1.26 bits per heavy atom. The molecule has 1 aromatic carbocycles. The topological polar surface area (TPSA) is 35.2 Å². The predicted octanol–water partition coefficient (Wildman–Crippen LogP) is 4.75. The minimum atomic E-state index is -1.67. The van der Waals surface area contributed by atoms with Gasteiger partial charge in [-0.1, -0.05) is 50.6 Å². The van der Waals surface area contributed by atoms with Crippen LogP contribution >= 0.6 is 11.6 Å². The van der Waals surface area contributed by atoms with Crippen LogP contribution in [-0.2, 0) is 4.43 Å². The molecule has 0 spiro atoms. The second kappa shape index (κ2) is 6.40. The number of benzene rings is 1. The Bertz CT molecular complexity index is 415. The maximum atomic E-state index is 6.19. The summed E-state index contributed by atoms with van der Waals surface area (Å²) in [4.78, 5) is 0. The third-order valence-electron chi connectivity index (χ3n) is 4.00. The van der Waals surface area contributed by atoms with Crippen molar-refractivity contribution >= 4 is 19.9 Å². The molecule has 0 saturated heterocycles. The molecule has 2 N–H and O–H groups in total. The molecule has 0 saturated carbocycles. The molecule has 1 rings (SSSR count). The van der Waals surface area contributed by atoms with Crippen molar-refractivity contribution in [2.75, 3.05) is 6.61 Å². The van der Waals surface area contributed by atoms with Gasteiger partial charge in [0.25, 0.3) is 0 Å². The summed E-state index contributed by atoms with van der Waals surface area (Å²) in [6, 6.07) is 7.70. The van der Waals surface area contributed by atoms with Gasteiger partial charge in [0.15, 0.2) is 8.32 Å². The van der Waals surface area contributed by atoms with Gasteiger partial charge >= 0.3 is 0 Å². The first-order valence-electron chi connectivity index (χ1n) is 6.79. The lowest BCUT2D eigenvalue weighted by Gasteiger charge is -2.36. The normalized spacial score (nSPS) is 14.5. The first-order valence-corrected chi connectivity index (χ1v) is 10.1. The molecule has 1 atom stereocenters. The van der Waals surface area contributed by atoms with E-state index in [0.717, 1.165) is 17.0 Å². The van der Waals surface area contributed by atoms with Gasteiger partial charge in [0, 0.05) is 17.7 Å². The summed E-state index contributed by atoms with van der Waals surface area (Å²) in [6.07, 6.45) is 0.802. The molecule has 0 amide bonds. The summed E-state index contributed by atoms with van der Waals surface area (Å²) in [5, 5.41) is 0.976. The summed E-state index contributed by atoms with van der Waals surface area (Å²) in [5.41, 5.74) is 7.19. The molecule has 0 aromatic heterocycles. The number of rotatable bonds is 5. The third kappa shape index (κ3) is 4.60. The van der Waals surface area contributed by atoms with E-state index in [1.807, 2.05) is 24.3 Å². The van der Waals surface area contributed by atoms with E-state index in [2.05, 4.69) is 33.9 Å². The van der Waals surface area contributed by atoms with Gasteiger partial charge in [-0.2, -0.15) is 0 Å². The van der Waals surface area contributed by atoms with Gasteiger partial charge in [0.1, 0.15) is 0 Å². The first-order chi connectivity index (χ1) is 8.65. The van der Waals surface area contributed by atoms with Gasteiger partial charge in [0.2, 0.25) is 0 Å². The van der Waals surface area contributed by atoms with Crippen molar-refractivity contribution in [2.24, 2.45) is 5.73 Å². The van der Waals surface area contributed by atoms with E-state index in [9.17, 15) is 0 Å². The minimum Gasteiger partial charge on any atom is -0.417 e. The summed E-state index contributed by atoms with van der Waals surface area (Å²) in [7, 11) is -1.67. The van der Waals surface area contributed by atoms with E-state index in [4.69, 9.17) is 21.8 Å². The zero-order chi connectivity index (χ0) is 14.7. The van der Waals surface area contributed by atoms with Crippen LogP contribution in [0.15, 0.2) is 24.3 Å². The molecule has 2 nitrogen and oxygen atoms in total. The average molecular weight is 300 g/mol. The molecular formula is C15H26ClNOSi. The summed E-state index contributed by atoms with van der Waals surface area (Å²) in [5.74, 6) is 0. The van der Waals surface area contributed by atoms with E-state index in [1.165, 1.54) is 0 Å². The Hall–Kier alpha value is -0.353. The molecule has 1 aromatic rings. The summed E-state index contributed by atoms with van der Waals surface area (Å²) in [6.45, 7) is 11.9. The fourth-order valence-corrected chi connectivity index (χ4v) is 2.93. The molecule has 0 fully saturated rings. The second-order valence-corrected chi connectivity index (χ2v) is 11.7. The Morgan fingerprint density at radius 2 is 1.84 bits per heavy atom. The molecule has 19 heavy (non-hydrogen) atoms. The number of hydrogen-bond acceptors (Lipinski definition) is 2. The smallest absolute Gasteiger partial charge is 0.191 e. The fourth-order valence-electron chi connectivity index (χ4n) is 1.59. The molecule has 4 heteroatoms. The van der Waals surface area contributed by atoms with Crippen LogP contribution in [0.2, 0.25) is 23.2 Å². The zero-order valence-corrected chi connectivity index (χ0v) is 14.4. The molecule has 0 aliphatic heterocycles. The quantitative estimate of drug-likeness (QED) is 0.796. The highest BCUT2D eigenvalue weighted by atomic mass is 35.5. The maximum Gasteiger partial charge on any atom is 0.191 e. The van der Waals surface area contributed by atoms with Gasteiger partial charge in [0.05, 0.1) is 0 Å². The Labute approximate surface area is 123 Å². The zero-order valence-electron chi connectivity index (χ0n) is 12.7. The average Bonchev–Trinajstić information content (AvgIpc) is 2.27. The number of nitrogens with two attached hydrogens (primary N) is 1. The SMILES string of the molecule is CC(C)(C)[Si](C)(C)OCCC(N)c1ccccc1Cl. The standard InChI is InChI=1S/C15H26ClNOSi/c1-15(2,3)19(4,5)18-11-10-14(17)12-8-6-7-9-13(12)16/h6-9,14H,10-11,17H2,1-5H3. The molecule has 0 heterocycles. The Kier molecular flexibility index (Phi) is 5.62. The highest BCUT2D eigenvalue weighted by Gasteiger charge is 2.36. The number of hydrogen-bond donors (Lipinski definition) is 1. The highest BCUT2D eigenvalue weighted by molar-refractivity contribution is 6.74. The molecule has 108 valence electrons. The first kappa shape index (κ1) is 16.7. The van der Waals surface area contributed by atoms with Gasteiger partial charge < -0.3 is 10.2 Å². The lowest BCUT2D eigenvalue weighted by molar-refractivity contribution is 0.272. The van der Waals surface area contributed by atoms with E-state index in [-0.39, 0.29) is 11.1 Å². The van der Waals surface area contributed by atoms with Gasteiger partial charge in [-0.25, -0.2) is 0 Å². The predicted molar refractivity (Wildman–Crippen MR) is 86.1 cm³/mol. The van der Waals surface area contributed by atoms with Crippen LogP contribution < -0.4 is 5.73 Å². The maximum absolute atomic E-state index is 6.19. The van der Waals surface area contributed by atoms with Crippen LogP contribution in [-0.4, -0.2) is 14.9 Å². The van der Waals surface area contributed by atoms with Crippen molar-refractivity contribution < 1.29 is 4.43 Å². The van der Waals surface area contributed by atoms with Crippen LogP contribution in [0, 0.1) is 0 Å². The van der Waals surface area contributed by atoms with Crippen LogP contribution in [0.4, 0.5) is 0 Å². The molecule has 0 bridgehead atoms. The highest BCUT2D eigenvalue weighted by Crippen LogP contribution is 2.36. The van der Waals surface area contributed by atoms with Crippen LogP contribution in [0.25, 0.3) is 0 Å². The lowest BCUT2D eigenvalue weighted by atomic mass is 10.1. The fraction of sp³-hybridized carbons (Fsp3) is 0.600. The van der Waals surface area contributed by atoms with Crippen molar-refractivity contribution in [2.45, 2.75) is 51.4 Å². The Morgan fingerprint density at radius 3 is 2.37 bits per heavy atom. The lowest BCUT2D eigenvalue weighted by Crippen LogP contribution is -2.41. The summed E-state index contributed by atoms with van der Waals surface area (Å²) >= 11 is 6.15. The van der Waals surface area contributed by atoms with E-state index in [1.54, 1.807) is 0 Å². The van der Waals surface area contributed by atoms with E-state index >= 15 is 0 Å². The molecule has 1 unspecified atom stereocenters. The van der Waals surface area contributed by atoms with Crippen LogP contribution in [0.3, 0.4) is 0 Å².